The lowest BCUT2D eigenvalue weighted by molar-refractivity contribution is -0.385. The maximum absolute atomic E-state index is 13.0. The minimum atomic E-state index is -0.614. The number of anilines is 1. The zero-order valence-corrected chi connectivity index (χ0v) is 13.1. The van der Waals surface area contributed by atoms with Crippen LogP contribution in [0.4, 0.5) is 15.9 Å². The van der Waals surface area contributed by atoms with E-state index in [1.807, 2.05) is 13.0 Å². The molecule has 0 spiro atoms. The number of methoxy groups -OCH3 is 1. The number of pyridine rings is 1. The summed E-state index contributed by atoms with van der Waals surface area (Å²) in [7, 11) is 1.51. The molecule has 0 amide bonds. The van der Waals surface area contributed by atoms with Crippen molar-refractivity contribution in [2.75, 3.05) is 12.4 Å². The number of halogens is 1. The largest absolute Gasteiger partial charge is 0.375 e. The van der Waals surface area contributed by atoms with E-state index in [0.717, 1.165) is 17.8 Å². The van der Waals surface area contributed by atoms with Gasteiger partial charge >= 0.3 is 0 Å². The fourth-order valence-corrected chi connectivity index (χ4v) is 2.33. The number of nitriles is 1. The van der Waals surface area contributed by atoms with Crippen molar-refractivity contribution in [2.24, 2.45) is 0 Å². The lowest BCUT2D eigenvalue weighted by atomic mass is 10.0. The molecule has 2 aromatic rings. The van der Waals surface area contributed by atoms with E-state index < -0.39 is 11.0 Å². The fourth-order valence-electron chi connectivity index (χ4n) is 2.33. The zero-order valence-electron chi connectivity index (χ0n) is 13.1. The van der Waals surface area contributed by atoms with Gasteiger partial charge in [-0.05, 0) is 24.6 Å². The van der Waals surface area contributed by atoms with Crippen molar-refractivity contribution in [3.05, 3.63) is 63.6 Å². The number of nitrogens with zero attached hydrogens (tertiary/aromatic N) is 3. The summed E-state index contributed by atoms with van der Waals surface area (Å²) in [6.45, 7) is 1.81. The van der Waals surface area contributed by atoms with Crippen molar-refractivity contribution in [1.82, 2.24) is 4.98 Å². The molecule has 1 aromatic carbocycles. The van der Waals surface area contributed by atoms with Crippen molar-refractivity contribution in [3.63, 3.8) is 0 Å². The van der Waals surface area contributed by atoms with Crippen LogP contribution in [0.15, 0.2) is 36.5 Å². The summed E-state index contributed by atoms with van der Waals surface area (Å²) in [4.78, 5) is 14.1. The van der Waals surface area contributed by atoms with E-state index in [9.17, 15) is 14.5 Å². The molecule has 1 aromatic heterocycles. The highest BCUT2D eigenvalue weighted by Gasteiger charge is 2.21. The first-order valence-electron chi connectivity index (χ1n) is 7.05. The summed E-state index contributed by atoms with van der Waals surface area (Å²) in [6, 6.07) is 8.60. The van der Waals surface area contributed by atoms with Crippen LogP contribution in [0.25, 0.3) is 0 Å². The minimum Gasteiger partial charge on any atom is -0.375 e. The quantitative estimate of drug-likeness (QED) is 0.645. The zero-order chi connectivity index (χ0) is 17.7. The number of rotatable bonds is 6. The standard InChI is InChI=1S/C16H15FN4O3/c1-10(15(24-2)11-3-5-13(17)6-4-11)20-16-12(8-18)7-14(9-19-16)21(22)23/h3-7,9-10,15H,1-2H3,(H,19,20)/t10-,15-/m1/s1. The molecule has 8 heteroatoms. The van der Waals surface area contributed by atoms with E-state index in [-0.39, 0.29) is 28.9 Å². The Bertz CT molecular complexity index is 774. The van der Waals surface area contributed by atoms with Crippen LogP contribution < -0.4 is 5.32 Å². The molecule has 124 valence electrons. The number of aromatic nitrogens is 1. The summed E-state index contributed by atoms with van der Waals surface area (Å²) in [5, 5.41) is 22.9. The molecule has 0 aliphatic carbocycles. The molecule has 0 saturated heterocycles. The number of ether oxygens (including phenoxy) is 1. The molecule has 0 aliphatic heterocycles. The molecule has 0 bridgehead atoms. The van der Waals surface area contributed by atoms with Gasteiger partial charge in [0.2, 0.25) is 0 Å². The van der Waals surface area contributed by atoms with E-state index in [1.54, 1.807) is 12.1 Å². The smallest absolute Gasteiger partial charge is 0.289 e. The van der Waals surface area contributed by atoms with Gasteiger partial charge in [-0.2, -0.15) is 5.26 Å². The van der Waals surface area contributed by atoms with E-state index in [2.05, 4.69) is 10.3 Å². The molecule has 0 aliphatic rings. The average Bonchev–Trinajstić information content (AvgIpc) is 2.57. The Morgan fingerprint density at radius 3 is 2.62 bits per heavy atom. The first-order chi connectivity index (χ1) is 11.5. The van der Waals surface area contributed by atoms with Crippen molar-refractivity contribution < 1.29 is 14.1 Å². The highest BCUT2D eigenvalue weighted by Crippen LogP contribution is 2.25. The second-order valence-electron chi connectivity index (χ2n) is 5.10. The number of hydrogen-bond acceptors (Lipinski definition) is 6. The monoisotopic (exact) mass is 330 g/mol. The Morgan fingerprint density at radius 2 is 2.08 bits per heavy atom. The van der Waals surface area contributed by atoms with Gasteiger partial charge in [-0.15, -0.1) is 0 Å². The van der Waals surface area contributed by atoms with Crippen molar-refractivity contribution in [1.29, 1.82) is 5.26 Å². The van der Waals surface area contributed by atoms with Gasteiger partial charge in [0.25, 0.3) is 5.69 Å². The third-order valence-corrected chi connectivity index (χ3v) is 3.48. The van der Waals surface area contributed by atoms with Crippen LogP contribution in [0.2, 0.25) is 0 Å². The highest BCUT2D eigenvalue weighted by atomic mass is 19.1. The van der Waals surface area contributed by atoms with Gasteiger partial charge in [-0.3, -0.25) is 10.1 Å². The Morgan fingerprint density at radius 1 is 1.42 bits per heavy atom. The maximum Gasteiger partial charge on any atom is 0.289 e. The molecule has 2 rings (SSSR count). The summed E-state index contributed by atoms with van der Waals surface area (Å²) < 4.78 is 18.5. The summed E-state index contributed by atoms with van der Waals surface area (Å²) >= 11 is 0. The van der Waals surface area contributed by atoms with E-state index >= 15 is 0 Å². The molecule has 24 heavy (non-hydrogen) atoms. The van der Waals surface area contributed by atoms with Gasteiger partial charge in [-0.25, -0.2) is 9.37 Å². The number of nitrogens with one attached hydrogen (secondary N) is 1. The second kappa shape index (κ2) is 7.48. The number of hydrogen-bond donors (Lipinski definition) is 1. The summed E-state index contributed by atoms with van der Waals surface area (Å²) in [5.74, 6) is -0.127. The van der Waals surface area contributed by atoms with Crippen LogP contribution in [0.3, 0.4) is 0 Å². The molecule has 0 radical (unpaired) electrons. The first kappa shape index (κ1) is 17.3. The topological polar surface area (TPSA) is 101 Å². The van der Waals surface area contributed by atoms with Gasteiger partial charge in [0.05, 0.1) is 11.0 Å². The van der Waals surface area contributed by atoms with Gasteiger partial charge in [0.1, 0.15) is 35.6 Å². The predicted octanol–water partition coefficient (Wildman–Crippen LogP) is 3.19. The number of nitro groups is 1. The highest BCUT2D eigenvalue weighted by molar-refractivity contribution is 5.56. The third-order valence-electron chi connectivity index (χ3n) is 3.48. The molecule has 0 unspecified atom stereocenters. The van der Waals surface area contributed by atoms with Crippen molar-refractivity contribution in [3.8, 4) is 6.07 Å². The van der Waals surface area contributed by atoms with Crippen LogP contribution >= 0.6 is 0 Å². The normalized spacial score (nSPS) is 12.9. The van der Waals surface area contributed by atoms with Crippen LogP contribution in [0, 0.1) is 27.3 Å². The molecule has 2 atom stereocenters. The van der Waals surface area contributed by atoms with Crippen molar-refractivity contribution >= 4 is 11.5 Å². The van der Waals surface area contributed by atoms with Crippen LogP contribution in [0.5, 0.6) is 0 Å². The first-order valence-corrected chi connectivity index (χ1v) is 7.05. The average molecular weight is 330 g/mol. The summed E-state index contributed by atoms with van der Waals surface area (Å²) in [6.07, 6.45) is 0.657. The maximum atomic E-state index is 13.0. The molecule has 1 N–H and O–H groups in total. The SMILES string of the molecule is CO[C@@H](c1ccc(F)cc1)[C@@H](C)Nc1ncc([N+](=O)[O-])cc1C#N. The second-order valence-corrected chi connectivity index (χ2v) is 5.10. The third kappa shape index (κ3) is 3.83. The van der Waals surface area contributed by atoms with Crippen LogP contribution in [-0.2, 0) is 4.74 Å². The van der Waals surface area contributed by atoms with Crippen LogP contribution in [0.1, 0.15) is 24.2 Å². The summed E-state index contributed by atoms with van der Waals surface area (Å²) in [5.41, 5.74) is 0.552. The molecule has 0 saturated carbocycles. The number of benzene rings is 1. The molecule has 7 nitrogen and oxygen atoms in total. The van der Waals surface area contributed by atoms with Crippen LogP contribution in [-0.4, -0.2) is 23.1 Å². The van der Waals surface area contributed by atoms with E-state index in [0.29, 0.717) is 0 Å². The lowest BCUT2D eigenvalue weighted by Gasteiger charge is -2.24. The van der Waals surface area contributed by atoms with E-state index in [4.69, 9.17) is 10.00 Å². The van der Waals surface area contributed by atoms with Gasteiger partial charge in [-0.1, -0.05) is 12.1 Å². The molecule has 0 fully saturated rings. The van der Waals surface area contributed by atoms with Gasteiger partial charge in [0.15, 0.2) is 0 Å². The molecular weight excluding hydrogens is 315 g/mol. The Kier molecular flexibility index (Phi) is 5.39. The molecule has 1 heterocycles. The van der Waals surface area contributed by atoms with Gasteiger partial charge in [0, 0.05) is 13.2 Å². The fraction of sp³-hybridized carbons (Fsp3) is 0.250. The van der Waals surface area contributed by atoms with Crippen molar-refractivity contribution in [2.45, 2.75) is 19.1 Å². The Labute approximate surface area is 137 Å². The molecular formula is C16H15FN4O3. The minimum absolute atomic E-state index is 0.0602. The lowest BCUT2D eigenvalue weighted by Crippen LogP contribution is -2.26. The Balaban J connectivity index is 2.24. The Hall–Kier alpha value is -3.05. The predicted molar refractivity (Wildman–Crippen MR) is 84.8 cm³/mol. The van der Waals surface area contributed by atoms with Gasteiger partial charge < -0.3 is 10.1 Å². The van der Waals surface area contributed by atoms with E-state index in [1.165, 1.54) is 19.2 Å².